The summed E-state index contributed by atoms with van der Waals surface area (Å²) in [5.41, 5.74) is 2.03. The molecule has 0 amide bonds. The number of H-pyrrole nitrogens is 1. The molecule has 116 valence electrons. The fraction of sp³-hybridized carbons (Fsp3) is 0.562. The molecule has 21 heavy (non-hydrogen) atoms. The largest absolute Gasteiger partial charge is 0.497 e. The average molecular weight is 290 g/mol. The number of hydrogen-bond acceptors (Lipinski definition) is 4. The van der Waals surface area contributed by atoms with E-state index in [1.807, 2.05) is 18.2 Å². The Labute approximate surface area is 126 Å². The Hall–Kier alpha value is -1.59. The van der Waals surface area contributed by atoms with Crippen LogP contribution in [-0.4, -0.2) is 54.7 Å². The molecule has 2 N–H and O–H groups in total. The number of hydrogen-bond donors (Lipinski definition) is 2. The minimum absolute atomic E-state index is 0.857. The van der Waals surface area contributed by atoms with Crippen LogP contribution < -0.4 is 10.1 Å². The number of aromatic amines is 1. The molecule has 1 aromatic heterocycles. The summed E-state index contributed by atoms with van der Waals surface area (Å²) < 4.78 is 5.22. The zero-order chi connectivity index (χ0) is 15.1. The van der Waals surface area contributed by atoms with Crippen molar-refractivity contribution in [3.63, 3.8) is 0 Å². The van der Waals surface area contributed by atoms with Crippen molar-refractivity contribution in [3.05, 3.63) is 24.0 Å². The van der Waals surface area contributed by atoms with Gasteiger partial charge < -0.3 is 19.9 Å². The van der Waals surface area contributed by atoms with Crippen molar-refractivity contribution in [1.82, 2.24) is 20.2 Å². The third-order valence-electron chi connectivity index (χ3n) is 3.78. The number of rotatable bonds is 9. The molecule has 1 aromatic carbocycles. The van der Waals surface area contributed by atoms with Gasteiger partial charge in [-0.1, -0.05) is 13.8 Å². The number of fused-ring (bicyclic) bond motifs is 1. The fourth-order valence-electron chi connectivity index (χ4n) is 2.40. The predicted molar refractivity (Wildman–Crippen MR) is 87.0 cm³/mol. The maximum Gasteiger partial charge on any atom is 0.121 e. The van der Waals surface area contributed by atoms with Gasteiger partial charge in [0.1, 0.15) is 11.6 Å². The molecule has 0 unspecified atom stereocenters. The normalized spacial score (nSPS) is 11.4. The zero-order valence-corrected chi connectivity index (χ0v) is 13.3. The first-order chi connectivity index (χ1) is 10.3. The van der Waals surface area contributed by atoms with Crippen LogP contribution in [-0.2, 0) is 6.42 Å². The molecule has 0 fully saturated rings. The summed E-state index contributed by atoms with van der Waals surface area (Å²) in [6.07, 6.45) is 0.912. The first kappa shape index (κ1) is 15.8. The van der Waals surface area contributed by atoms with Gasteiger partial charge in [0.2, 0.25) is 0 Å². The van der Waals surface area contributed by atoms with E-state index >= 15 is 0 Å². The van der Waals surface area contributed by atoms with E-state index in [0.717, 1.165) is 61.8 Å². The van der Waals surface area contributed by atoms with E-state index in [1.165, 1.54) is 0 Å². The number of ether oxygens (including phenoxy) is 1. The molecule has 0 aliphatic heterocycles. The highest BCUT2D eigenvalue weighted by atomic mass is 16.5. The molecule has 0 saturated heterocycles. The van der Waals surface area contributed by atoms with Gasteiger partial charge in [-0.25, -0.2) is 4.98 Å². The van der Waals surface area contributed by atoms with Crippen molar-refractivity contribution in [1.29, 1.82) is 0 Å². The van der Waals surface area contributed by atoms with E-state index in [1.54, 1.807) is 7.11 Å². The number of nitrogens with zero attached hydrogens (tertiary/aromatic N) is 2. The summed E-state index contributed by atoms with van der Waals surface area (Å²) in [5.74, 6) is 1.88. The van der Waals surface area contributed by atoms with Gasteiger partial charge in [-0.3, -0.25) is 0 Å². The Morgan fingerprint density at radius 1 is 1.24 bits per heavy atom. The van der Waals surface area contributed by atoms with E-state index in [2.05, 4.69) is 34.0 Å². The topological polar surface area (TPSA) is 53.2 Å². The van der Waals surface area contributed by atoms with Gasteiger partial charge in [0.05, 0.1) is 18.1 Å². The van der Waals surface area contributed by atoms with E-state index < -0.39 is 0 Å². The first-order valence-electron chi connectivity index (χ1n) is 7.72. The van der Waals surface area contributed by atoms with Crippen LogP contribution in [0, 0.1) is 0 Å². The number of aromatic nitrogens is 2. The summed E-state index contributed by atoms with van der Waals surface area (Å²) in [5, 5.41) is 3.47. The van der Waals surface area contributed by atoms with Crippen molar-refractivity contribution < 1.29 is 4.74 Å². The molecule has 5 nitrogen and oxygen atoms in total. The van der Waals surface area contributed by atoms with Crippen molar-refractivity contribution >= 4 is 11.0 Å². The fourth-order valence-corrected chi connectivity index (χ4v) is 2.40. The van der Waals surface area contributed by atoms with E-state index in [9.17, 15) is 0 Å². The van der Waals surface area contributed by atoms with Crippen molar-refractivity contribution in [2.24, 2.45) is 0 Å². The molecule has 0 saturated carbocycles. The van der Waals surface area contributed by atoms with Crippen molar-refractivity contribution in [3.8, 4) is 5.75 Å². The van der Waals surface area contributed by atoms with Gasteiger partial charge in [-0.15, -0.1) is 0 Å². The average Bonchev–Trinajstić information content (AvgIpc) is 2.92. The maximum absolute atomic E-state index is 5.22. The Kier molecular flexibility index (Phi) is 6.02. The van der Waals surface area contributed by atoms with Crippen molar-refractivity contribution in [2.75, 3.05) is 39.8 Å². The number of methoxy groups -OCH3 is 1. The van der Waals surface area contributed by atoms with Crippen LogP contribution in [0.25, 0.3) is 11.0 Å². The lowest BCUT2D eigenvalue weighted by Crippen LogP contribution is -2.32. The molecule has 5 heteroatoms. The Bertz CT molecular complexity index is 548. The van der Waals surface area contributed by atoms with Gasteiger partial charge in [0, 0.05) is 32.1 Å². The Morgan fingerprint density at radius 3 is 2.76 bits per heavy atom. The van der Waals surface area contributed by atoms with Crippen molar-refractivity contribution in [2.45, 2.75) is 20.3 Å². The lowest BCUT2D eigenvalue weighted by molar-refractivity contribution is 0.303. The Morgan fingerprint density at radius 2 is 2.05 bits per heavy atom. The highest BCUT2D eigenvalue weighted by Gasteiger charge is 2.04. The minimum atomic E-state index is 0.857. The smallest absolute Gasteiger partial charge is 0.121 e. The SMILES string of the molecule is CCN(CC)CCNCCc1nc2ccc(OC)cc2[nH]1. The maximum atomic E-state index is 5.22. The molecule has 0 aliphatic carbocycles. The van der Waals surface area contributed by atoms with E-state index in [4.69, 9.17) is 4.74 Å². The number of likely N-dealkylation sites (N-methyl/N-ethyl adjacent to an activating group) is 1. The summed E-state index contributed by atoms with van der Waals surface area (Å²) in [6, 6.07) is 5.91. The second-order valence-electron chi connectivity index (χ2n) is 5.09. The van der Waals surface area contributed by atoms with Crippen LogP contribution in [0.2, 0.25) is 0 Å². The second-order valence-corrected chi connectivity index (χ2v) is 5.09. The third kappa shape index (κ3) is 4.44. The second kappa shape index (κ2) is 8.00. The van der Waals surface area contributed by atoms with E-state index in [-0.39, 0.29) is 0 Å². The molecule has 0 radical (unpaired) electrons. The lowest BCUT2D eigenvalue weighted by atomic mass is 10.3. The molecule has 0 atom stereocenters. The summed E-state index contributed by atoms with van der Waals surface area (Å²) in [6.45, 7) is 9.70. The van der Waals surface area contributed by atoms with Crippen LogP contribution >= 0.6 is 0 Å². The van der Waals surface area contributed by atoms with Gasteiger partial charge in [-0.05, 0) is 25.2 Å². The molecule has 0 bridgehead atoms. The summed E-state index contributed by atoms with van der Waals surface area (Å²) in [7, 11) is 1.68. The number of nitrogens with one attached hydrogen (secondary N) is 2. The molecule has 2 aromatic rings. The number of imidazole rings is 1. The van der Waals surface area contributed by atoms with Crippen LogP contribution in [0.15, 0.2) is 18.2 Å². The molecule has 0 aliphatic rings. The quantitative estimate of drug-likeness (QED) is 0.694. The lowest BCUT2D eigenvalue weighted by Gasteiger charge is -2.17. The van der Waals surface area contributed by atoms with Crippen LogP contribution in [0.1, 0.15) is 19.7 Å². The van der Waals surface area contributed by atoms with Gasteiger partial charge in [0.25, 0.3) is 0 Å². The van der Waals surface area contributed by atoms with E-state index in [0.29, 0.717) is 0 Å². The zero-order valence-electron chi connectivity index (χ0n) is 13.3. The first-order valence-corrected chi connectivity index (χ1v) is 7.72. The van der Waals surface area contributed by atoms with Crippen LogP contribution in [0.4, 0.5) is 0 Å². The molecule has 0 spiro atoms. The molecular weight excluding hydrogens is 264 g/mol. The highest BCUT2D eigenvalue weighted by Crippen LogP contribution is 2.18. The minimum Gasteiger partial charge on any atom is -0.497 e. The molecular formula is C16H26N4O. The van der Waals surface area contributed by atoms with Crippen LogP contribution in [0.3, 0.4) is 0 Å². The highest BCUT2D eigenvalue weighted by molar-refractivity contribution is 5.76. The standard InChI is InChI=1S/C16H26N4O/c1-4-20(5-2)11-10-17-9-8-16-18-14-7-6-13(21-3)12-15(14)19-16/h6-7,12,17H,4-5,8-11H2,1-3H3,(H,18,19). The monoisotopic (exact) mass is 290 g/mol. The molecule has 2 rings (SSSR count). The molecule has 1 heterocycles. The Balaban J connectivity index is 1.78. The van der Waals surface area contributed by atoms with Crippen LogP contribution in [0.5, 0.6) is 5.75 Å². The summed E-state index contributed by atoms with van der Waals surface area (Å²) in [4.78, 5) is 10.4. The summed E-state index contributed by atoms with van der Waals surface area (Å²) >= 11 is 0. The third-order valence-corrected chi connectivity index (χ3v) is 3.78. The predicted octanol–water partition coefficient (Wildman–Crippen LogP) is 2.05. The number of benzene rings is 1. The van der Waals surface area contributed by atoms with Gasteiger partial charge in [-0.2, -0.15) is 0 Å². The van der Waals surface area contributed by atoms with Gasteiger partial charge >= 0.3 is 0 Å². The van der Waals surface area contributed by atoms with Gasteiger partial charge in [0.15, 0.2) is 0 Å².